The third-order valence-electron chi connectivity index (χ3n) is 2.91. The first-order valence-corrected chi connectivity index (χ1v) is 6.83. The molecule has 0 aliphatic carbocycles. The summed E-state index contributed by atoms with van der Waals surface area (Å²) in [6.45, 7) is 0.356. The van der Waals surface area contributed by atoms with Gasteiger partial charge < -0.3 is 14.8 Å². The molecule has 0 saturated carbocycles. The number of methoxy groups -OCH3 is 2. The fourth-order valence-electron chi connectivity index (χ4n) is 1.81. The molecular weight excluding hydrogens is 325 g/mol. The average Bonchev–Trinajstić information content (AvgIpc) is 2.47. The molecule has 0 bridgehead atoms. The number of nitrogens with one attached hydrogen (secondary N) is 1. The Morgan fingerprint density at radius 2 is 1.95 bits per heavy atom. The van der Waals surface area contributed by atoms with E-state index in [1.165, 1.54) is 7.11 Å². The molecule has 2 aromatic rings. The number of rotatable bonds is 5. The van der Waals surface area contributed by atoms with Crippen molar-refractivity contribution in [2.45, 2.75) is 6.54 Å². The fraction of sp³-hybridized carbons (Fsp3) is 0.200. The smallest absolute Gasteiger partial charge is 0.170 e. The maximum Gasteiger partial charge on any atom is 0.170 e. The Kier molecular flexibility index (Phi) is 4.84. The van der Waals surface area contributed by atoms with Crippen molar-refractivity contribution >= 4 is 21.6 Å². The van der Waals surface area contributed by atoms with Crippen molar-refractivity contribution < 1.29 is 13.9 Å². The van der Waals surface area contributed by atoms with Crippen molar-refractivity contribution in [2.75, 3.05) is 19.5 Å². The Labute approximate surface area is 125 Å². The molecule has 0 amide bonds. The molecule has 0 aliphatic heterocycles. The fourth-order valence-corrected chi connectivity index (χ4v) is 2.19. The molecule has 0 unspecified atom stereocenters. The van der Waals surface area contributed by atoms with E-state index < -0.39 is 0 Å². The van der Waals surface area contributed by atoms with E-state index in [0.29, 0.717) is 12.1 Å². The summed E-state index contributed by atoms with van der Waals surface area (Å²) >= 11 is 3.44. The minimum absolute atomic E-state index is 0.244. The molecule has 0 heterocycles. The van der Waals surface area contributed by atoms with Crippen LogP contribution >= 0.6 is 15.9 Å². The van der Waals surface area contributed by atoms with Gasteiger partial charge in [0, 0.05) is 22.6 Å². The van der Waals surface area contributed by atoms with Gasteiger partial charge in [0.25, 0.3) is 0 Å². The molecular formula is C15H15BrFNO2. The number of halogens is 2. The molecule has 2 aromatic carbocycles. The van der Waals surface area contributed by atoms with Crippen molar-refractivity contribution in [1.29, 1.82) is 0 Å². The van der Waals surface area contributed by atoms with Crippen molar-refractivity contribution in [1.82, 2.24) is 0 Å². The first kappa shape index (κ1) is 14.7. The minimum atomic E-state index is -0.346. The molecule has 0 atom stereocenters. The first-order chi connectivity index (χ1) is 9.65. The van der Waals surface area contributed by atoms with E-state index >= 15 is 0 Å². The van der Waals surface area contributed by atoms with E-state index in [1.54, 1.807) is 25.3 Å². The lowest BCUT2D eigenvalue weighted by Gasteiger charge is -2.12. The van der Waals surface area contributed by atoms with E-state index in [4.69, 9.17) is 9.47 Å². The van der Waals surface area contributed by atoms with Crippen LogP contribution in [0.3, 0.4) is 0 Å². The molecule has 3 nitrogen and oxygen atoms in total. The summed E-state index contributed by atoms with van der Waals surface area (Å²) in [5.41, 5.74) is 1.38. The maximum atomic E-state index is 14.0. The SMILES string of the molecule is COc1ccc(Br)c(NCc2cccc(OC)c2F)c1. The van der Waals surface area contributed by atoms with Crippen molar-refractivity contribution in [3.05, 3.63) is 52.3 Å². The molecule has 2 rings (SSSR count). The minimum Gasteiger partial charge on any atom is -0.497 e. The summed E-state index contributed by atoms with van der Waals surface area (Å²) in [5.74, 6) is 0.636. The Balaban J connectivity index is 2.16. The maximum absolute atomic E-state index is 14.0. The summed E-state index contributed by atoms with van der Waals surface area (Å²) in [7, 11) is 3.06. The largest absolute Gasteiger partial charge is 0.497 e. The van der Waals surface area contributed by atoms with Gasteiger partial charge in [-0.1, -0.05) is 12.1 Å². The number of benzene rings is 2. The molecule has 0 aromatic heterocycles. The molecule has 0 fully saturated rings. The van der Waals surface area contributed by atoms with Gasteiger partial charge in [-0.2, -0.15) is 0 Å². The van der Waals surface area contributed by atoms with Crippen LogP contribution in [-0.4, -0.2) is 14.2 Å². The average molecular weight is 340 g/mol. The lowest BCUT2D eigenvalue weighted by atomic mass is 10.2. The summed E-state index contributed by atoms with van der Waals surface area (Å²) in [5, 5.41) is 3.17. The molecule has 20 heavy (non-hydrogen) atoms. The van der Waals surface area contributed by atoms with Crippen LogP contribution in [-0.2, 0) is 6.54 Å². The normalized spacial score (nSPS) is 10.2. The van der Waals surface area contributed by atoms with Gasteiger partial charge in [-0.3, -0.25) is 0 Å². The van der Waals surface area contributed by atoms with Crippen molar-refractivity contribution in [2.24, 2.45) is 0 Å². The Morgan fingerprint density at radius 1 is 1.15 bits per heavy atom. The van der Waals surface area contributed by atoms with Crippen LogP contribution in [0.25, 0.3) is 0 Å². The van der Waals surface area contributed by atoms with Crippen LogP contribution in [0.4, 0.5) is 10.1 Å². The number of hydrogen-bond donors (Lipinski definition) is 1. The highest BCUT2D eigenvalue weighted by Crippen LogP contribution is 2.28. The van der Waals surface area contributed by atoms with E-state index in [0.717, 1.165) is 15.9 Å². The van der Waals surface area contributed by atoms with Gasteiger partial charge in [0.05, 0.1) is 19.9 Å². The second-order valence-corrected chi connectivity index (χ2v) is 4.99. The highest BCUT2D eigenvalue weighted by atomic mass is 79.9. The van der Waals surface area contributed by atoms with Crippen molar-refractivity contribution in [3.63, 3.8) is 0 Å². The summed E-state index contributed by atoms with van der Waals surface area (Å²) in [6, 6.07) is 10.7. The third-order valence-corrected chi connectivity index (χ3v) is 3.60. The van der Waals surface area contributed by atoms with E-state index in [2.05, 4.69) is 21.2 Å². The second kappa shape index (κ2) is 6.61. The Hall–Kier alpha value is -1.75. The van der Waals surface area contributed by atoms with Crippen LogP contribution in [0.15, 0.2) is 40.9 Å². The predicted octanol–water partition coefficient (Wildman–Crippen LogP) is 4.22. The van der Waals surface area contributed by atoms with Gasteiger partial charge in [-0.15, -0.1) is 0 Å². The lowest BCUT2D eigenvalue weighted by Crippen LogP contribution is -2.03. The van der Waals surface area contributed by atoms with Crippen LogP contribution < -0.4 is 14.8 Å². The molecule has 5 heteroatoms. The molecule has 106 valence electrons. The zero-order valence-electron chi connectivity index (χ0n) is 11.2. The number of hydrogen-bond acceptors (Lipinski definition) is 3. The van der Waals surface area contributed by atoms with Crippen molar-refractivity contribution in [3.8, 4) is 11.5 Å². The van der Waals surface area contributed by atoms with E-state index in [1.807, 2.05) is 18.2 Å². The van der Waals surface area contributed by atoms with Crippen LogP contribution in [0.1, 0.15) is 5.56 Å². The highest BCUT2D eigenvalue weighted by Gasteiger charge is 2.09. The van der Waals surface area contributed by atoms with Gasteiger partial charge in [0.15, 0.2) is 11.6 Å². The predicted molar refractivity (Wildman–Crippen MR) is 81.0 cm³/mol. The monoisotopic (exact) mass is 339 g/mol. The number of ether oxygens (including phenoxy) is 2. The van der Waals surface area contributed by atoms with Crippen LogP contribution in [0.2, 0.25) is 0 Å². The summed E-state index contributed by atoms with van der Waals surface area (Å²) in [6.07, 6.45) is 0. The molecule has 0 radical (unpaired) electrons. The Morgan fingerprint density at radius 3 is 2.65 bits per heavy atom. The first-order valence-electron chi connectivity index (χ1n) is 6.04. The zero-order chi connectivity index (χ0) is 14.5. The lowest BCUT2D eigenvalue weighted by molar-refractivity contribution is 0.384. The highest BCUT2D eigenvalue weighted by molar-refractivity contribution is 9.10. The van der Waals surface area contributed by atoms with Crippen LogP contribution in [0, 0.1) is 5.82 Å². The summed E-state index contributed by atoms with van der Waals surface area (Å²) < 4.78 is 25.0. The molecule has 0 saturated heterocycles. The Bertz CT molecular complexity index is 602. The number of anilines is 1. The zero-order valence-corrected chi connectivity index (χ0v) is 12.8. The van der Waals surface area contributed by atoms with Gasteiger partial charge in [0.2, 0.25) is 0 Å². The topological polar surface area (TPSA) is 30.5 Å². The summed E-state index contributed by atoms with van der Waals surface area (Å²) in [4.78, 5) is 0. The molecule has 0 spiro atoms. The standard InChI is InChI=1S/C15H15BrFNO2/c1-19-11-6-7-12(16)13(8-11)18-9-10-4-3-5-14(20-2)15(10)17/h3-8,18H,9H2,1-2H3. The van der Waals surface area contributed by atoms with E-state index in [-0.39, 0.29) is 11.6 Å². The van der Waals surface area contributed by atoms with Gasteiger partial charge in [0.1, 0.15) is 5.75 Å². The second-order valence-electron chi connectivity index (χ2n) is 4.13. The molecule has 1 N–H and O–H groups in total. The quantitative estimate of drug-likeness (QED) is 0.884. The third kappa shape index (κ3) is 3.22. The van der Waals surface area contributed by atoms with Crippen LogP contribution in [0.5, 0.6) is 11.5 Å². The molecule has 0 aliphatic rings. The van der Waals surface area contributed by atoms with Gasteiger partial charge in [-0.05, 0) is 34.1 Å². The van der Waals surface area contributed by atoms with Gasteiger partial charge >= 0.3 is 0 Å². The van der Waals surface area contributed by atoms with E-state index in [9.17, 15) is 4.39 Å². The van der Waals surface area contributed by atoms with Gasteiger partial charge in [-0.25, -0.2) is 4.39 Å².